The van der Waals surface area contributed by atoms with Gasteiger partial charge in [0.05, 0.1) is 5.56 Å². The van der Waals surface area contributed by atoms with Crippen molar-refractivity contribution in [2.75, 3.05) is 11.1 Å². The van der Waals surface area contributed by atoms with Crippen LogP contribution in [0, 0.1) is 0 Å². The number of nitrogen functional groups attached to an aromatic ring is 1. The molecule has 0 aliphatic rings. The molecule has 3 rings (SSSR count). The van der Waals surface area contributed by atoms with Gasteiger partial charge in [0.1, 0.15) is 11.6 Å². The van der Waals surface area contributed by atoms with Gasteiger partial charge < -0.3 is 16.2 Å². The summed E-state index contributed by atoms with van der Waals surface area (Å²) in [5.41, 5.74) is 8.14. The van der Waals surface area contributed by atoms with Gasteiger partial charge in [0.15, 0.2) is 0 Å². The minimum absolute atomic E-state index is 0.139. The minimum Gasteiger partial charge on any atom is -0.508 e. The molecule has 0 saturated carbocycles. The van der Waals surface area contributed by atoms with E-state index in [9.17, 15) is 9.90 Å². The standard InChI is InChI=1S/C17H14N4O2/c18-16-15(17(23)21-13-4-6-19-7-5-13)9-12(10-20-16)11-2-1-3-14(22)8-11/h1-10,22H,(H2,18,20)(H,19,21,23). The van der Waals surface area contributed by atoms with Crippen LogP contribution in [0.15, 0.2) is 61.1 Å². The average molecular weight is 306 g/mol. The summed E-state index contributed by atoms with van der Waals surface area (Å²) in [6.07, 6.45) is 4.73. The first-order valence-corrected chi connectivity index (χ1v) is 6.90. The summed E-state index contributed by atoms with van der Waals surface area (Å²) in [5, 5.41) is 12.3. The van der Waals surface area contributed by atoms with Crippen LogP contribution in [-0.4, -0.2) is 21.0 Å². The van der Waals surface area contributed by atoms with E-state index >= 15 is 0 Å². The van der Waals surface area contributed by atoms with Crippen LogP contribution in [-0.2, 0) is 0 Å². The van der Waals surface area contributed by atoms with E-state index in [0.717, 1.165) is 5.56 Å². The number of carbonyl (C=O) groups is 1. The largest absolute Gasteiger partial charge is 0.508 e. The molecule has 1 aromatic carbocycles. The van der Waals surface area contributed by atoms with Crippen molar-refractivity contribution >= 4 is 17.4 Å². The van der Waals surface area contributed by atoms with Crippen LogP contribution >= 0.6 is 0 Å². The van der Waals surface area contributed by atoms with Crippen molar-refractivity contribution < 1.29 is 9.90 Å². The molecule has 0 spiro atoms. The number of nitrogens with two attached hydrogens (primary N) is 1. The fourth-order valence-electron chi connectivity index (χ4n) is 2.13. The number of pyridine rings is 2. The molecule has 0 unspecified atom stereocenters. The molecule has 2 aromatic heterocycles. The maximum Gasteiger partial charge on any atom is 0.259 e. The first kappa shape index (κ1) is 14.5. The number of rotatable bonds is 3. The van der Waals surface area contributed by atoms with Crippen molar-refractivity contribution in [3.63, 3.8) is 0 Å². The summed E-state index contributed by atoms with van der Waals surface area (Å²) in [6, 6.07) is 11.7. The molecule has 4 N–H and O–H groups in total. The Bertz CT molecular complexity index is 850. The van der Waals surface area contributed by atoms with E-state index in [1.165, 1.54) is 0 Å². The highest BCUT2D eigenvalue weighted by molar-refractivity contribution is 6.07. The molecule has 6 heteroatoms. The fraction of sp³-hybridized carbons (Fsp3) is 0. The Morgan fingerprint density at radius 3 is 2.61 bits per heavy atom. The Kier molecular flexibility index (Phi) is 3.88. The number of hydrogen-bond acceptors (Lipinski definition) is 5. The lowest BCUT2D eigenvalue weighted by molar-refractivity contribution is 0.102. The number of phenolic OH excluding ortho intramolecular Hbond substituents is 1. The molecule has 0 aliphatic carbocycles. The van der Waals surface area contributed by atoms with Crippen molar-refractivity contribution in [2.45, 2.75) is 0 Å². The van der Waals surface area contributed by atoms with Crippen molar-refractivity contribution in [2.24, 2.45) is 0 Å². The molecule has 6 nitrogen and oxygen atoms in total. The van der Waals surface area contributed by atoms with E-state index in [-0.39, 0.29) is 23.0 Å². The highest BCUT2D eigenvalue weighted by atomic mass is 16.3. The lowest BCUT2D eigenvalue weighted by Gasteiger charge is -2.09. The van der Waals surface area contributed by atoms with E-state index < -0.39 is 0 Å². The summed E-state index contributed by atoms with van der Waals surface area (Å²) >= 11 is 0. The maximum atomic E-state index is 12.4. The topological polar surface area (TPSA) is 101 Å². The Labute approximate surface area is 132 Å². The van der Waals surface area contributed by atoms with Gasteiger partial charge >= 0.3 is 0 Å². The zero-order chi connectivity index (χ0) is 16.2. The Hall–Kier alpha value is -3.41. The van der Waals surface area contributed by atoms with Crippen LogP contribution in [0.25, 0.3) is 11.1 Å². The van der Waals surface area contributed by atoms with Gasteiger partial charge in [-0.2, -0.15) is 0 Å². The molecule has 2 heterocycles. The van der Waals surface area contributed by atoms with Crippen molar-refractivity contribution in [3.05, 3.63) is 66.6 Å². The second-order valence-corrected chi connectivity index (χ2v) is 4.90. The zero-order valence-corrected chi connectivity index (χ0v) is 12.1. The van der Waals surface area contributed by atoms with Crippen LogP contribution in [0.3, 0.4) is 0 Å². The quantitative estimate of drug-likeness (QED) is 0.690. The van der Waals surface area contributed by atoms with Crippen LogP contribution in [0.4, 0.5) is 11.5 Å². The Morgan fingerprint density at radius 2 is 1.87 bits per heavy atom. The number of nitrogens with zero attached hydrogens (tertiary/aromatic N) is 2. The summed E-state index contributed by atoms with van der Waals surface area (Å²) < 4.78 is 0. The molecule has 0 fully saturated rings. The molecule has 0 bridgehead atoms. The third kappa shape index (κ3) is 3.26. The van der Waals surface area contributed by atoms with Gasteiger partial charge in [0.2, 0.25) is 0 Å². The van der Waals surface area contributed by atoms with Gasteiger partial charge in [-0.25, -0.2) is 4.98 Å². The number of aromatic hydroxyl groups is 1. The third-order valence-electron chi connectivity index (χ3n) is 3.28. The molecule has 0 radical (unpaired) electrons. The highest BCUT2D eigenvalue weighted by Crippen LogP contribution is 2.25. The second kappa shape index (κ2) is 6.15. The molecule has 114 valence electrons. The lowest BCUT2D eigenvalue weighted by atomic mass is 10.0. The van der Waals surface area contributed by atoms with Gasteiger partial charge in [0, 0.05) is 29.8 Å². The number of aromatic nitrogens is 2. The van der Waals surface area contributed by atoms with Gasteiger partial charge in [-0.3, -0.25) is 9.78 Å². The normalized spacial score (nSPS) is 10.3. The van der Waals surface area contributed by atoms with Gasteiger partial charge in [0.25, 0.3) is 5.91 Å². The molecule has 0 aliphatic heterocycles. The second-order valence-electron chi connectivity index (χ2n) is 4.90. The number of nitrogens with one attached hydrogen (secondary N) is 1. The summed E-state index contributed by atoms with van der Waals surface area (Å²) in [7, 11) is 0. The molecule has 1 amide bonds. The number of benzene rings is 1. The minimum atomic E-state index is -0.358. The van der Waals surface area contributed by atoms with Crippen LogP contribution in [0.5, 0.6) is 5.75 Å². The molecule has 23 heavy (non-hydrogen) atoms. The SMILES string of the molecule is Nc1ncc(-c2cccc(O)c2)cc1C(=O)Nc1ccncc1. The number of hydrogen-bond donors (Lipinski definition) is 3. The smallest absolute Gasteiger partial charge is 0.259 e. The summed E-state index contributed by atoms with van der Waals surface area (Å²) in [5.74, 6) is -0.0780. The van der Waals surface area contributed by atoms with Gasteiger partial charge in [-0.1, -0.05) is 12.1 Å². The maximum absolute atomic E-state index is 12.4. The van der Waals surface area contributed by atoms with E-state index in [4.69, 9.17) is 5.73 Å². The van der Waals surface area contributed by atoms with Crippen LogP contribution in [0.1, 0.15) is 10.4 Å². The predicted molar refractivity (Wildman–Crippen MR) is 87.9 cm³/mol. The van der Waals surface area contributed by atoms with Gasteiger partial charge in [-0.05, 0) is 35.9 Å². The molecule has 3 aromatic rings. The fourth-order valence-corrected chi connectivity index (χ4v) is 2.13. The van der Waals surface area contributed by atoms with Crippen LogP contribution < -0.4 is 11.1 Å². The number of amides is 1. The highest BCUT2D eigenvalue weighted by Gasteiger charge is 2.13. The number of phenols is 1. The van der Waals surface area contributed by atoms with E-state index in [0.29, 0.717) is 11.3 Å². The monoisotopic (exact) mass is 306 g/mol. The average Bonchev–Trinajstić information content (AvgIpc) is 2.56. The zero-order valence-electron chi connectivity index (χ0n) is 12.1. The molecule has 0 saturated heterocycles. The number of carbonyl (C=O) groups excluding carboxylic acids is 1. The van der Waals surface area contributed by atoms with E-state index in [2.05, 4.69) is 15.3 Å². The van der Waals surface area contributed by atoms with Crippen molar-refractivity contribution in [1.29, 1.82) is 0 Å². The Morgan fingerprint density at radius 1 is 1.09 bits per heavy atom. The first-order valence-electron chi connectivity index (χ1n) is 6.90. The molecular formula is C17H14N4O2. The predicted octanol–water partition coefficient (Wildman–Crippen LogP) is 2.68. The lowest BCUT2D eigenvalue weighted by Crippen LogP contribution is -2.15. The van der Waals surface area contributed by atoms with E-state index in [1.54, 1.807) is 55.0 Å². The molecule has 0 atom stereocenters. The number of anilines is 2. The van der Waals surface area contributed by atoms with Crippen molar-refractivity contribution in [1.82, 2.24) is 9.97 Å². The van der Waals surface area contributed by atoms with Crippen molar-refractivity contribution in [3.8, 4) is 16.9 Å². The first-order chi connectivity index (χ1) is 11.1. The third-order valence-corrected chi connectivity index (χ3v) is 3.28. The summed E-state index contributed by atoms with van der Waals surface area (Å²) in [6.45, 7) is 0. The Balaban J connectivity index is 1.93. The van der Waals surface area contributed by atoms with Crippen LogP contribution in [0.2, 0.25) is 0 Å². The van der Waals surface area contributed by atoms with Gasteiger partial charge in [-0.15, -0.1) is 0 Å². The summed E-state index contributed by atoms with van der Waals surface area (Å²) in [4.78, 5) is 20.3. The van der Waals surface area contributed by atoms with E-state index in [1.807, 2.05) is 6.07 Å². The molecular weight excluding hydrogens is 292 g/mol.